The zero-order chi connectivity index (χ0) is 26.8. The van der Waals surface area contributed by atoms with Crippen LogP contribution in [0.1, 0.15) is 44.9 Å². The molecule has 1 saturated carbocycles. The van der Waals surface area contributed by atoms with E-state index in [0.717, 1.165) is 45.7 Å². The molecule has 1 aliphatic carbocycles. The van der Waals surface area contributed by atoms with Gasteiger partial charge in [0.2, 0.25) is 5.95 Å². The lowest BCUT2D eigenvalue weighted by Gasteiger charge is -2.38. The van der Waals surface area contributed by atoms with Crippen molar-refractivity contribution in [3.63, 3.8) is 0 Å². The highest BCUT2D eigenvalue weighted by molar-refractivity contribution is 5.78. The number of fused-ring (bicyclic) bond motifs is 1. The zero-order valence-electron chi connectivity index (χ0n) is 22.4. The quantitative estimate of drug-likeness (QED) is 0.475. The molecule has 0 radical (unpaired) electrons. The predicted molar refractivity (Wildman–Crippen MR) is 146 cm³/mol. The highest BCUT2D eigenvalue weighted by Crippen LogP contribution is 2.31. The predicted octanol–water partition coefficient (Wildman–Crippen LogP) is 4.28. The number of halogens is 2. The molecule has 3 aliphatic rings. The van der Waals surface area contributed by atoms with Crippen molar-refractivity contribution in [2.24, 2.45) is 5.92 Å². The van der Waals surface area contributed by atoms with Crippen LogP contribution in [0.2, 0.25) is 0 Å². The second-order valence-electron chi connectivity index (χ2n) is 10.8. The Bertz CT molecular complexity index is 1260. The molecular formula is C28H37F2N7O2. The van der Waals surface area contributed by atoms with E-state index in [2.05, 4.69) is 27.0 Å². The number of aromatic nitrogens is 4. The van der Waals surface area contributed by atoms with Crippen LogP contribution < -0.4 is 10.2 Å². The summed E-state index contributed by atoms with van der Waals surface area (Å²) in [5.41, 5.74) is 1.11. The smallest absolute Gasteiger partial charge is 0.296 e. The highest BCUT2D eigenvalue weighted by Gasteiger charge is 2.28. The first-order valence-corrected chi connectivity index (χ1v) is 14.1. The van der Waals surface area contributed by atoms with Crippen LogP contribution in [-0.2, 0) is 9.47 Å². The van der Waals surface area contributed by atoms with Gasteiger partial charge in [-0.25, -0.2) is 13.8 Å². The topological polar surface area (TPSA) is 80.6 Å². The SMILES string of the molecule is C[C@@H]1COCCN1c1cc(-n2c(C(F)F)nc3ccccc32)nc(NCC2CCC(N3CCOCC3)CC2)n1. The Morgan fingerprint density at radius 1 is 0.949 bits per heavy atom. The van der Waals surface area contributed by atoms with Crippen molar-refractivity contribution < 1.29 is 18.3 Å². The molecule has 1 N–H and O–H groups in total. The number of ether oxygens (including phenoxy) is 2. The van der Waals surface area contributed by atoms with Gasteiger partial charge in [-0.05, 0) is 50.7 Å². The molecule has 210 valence electrons. The summed E-state index contributed by atoms with van der Waals surface area (Å²) in [6, 6.07) is 9.72. The van der Waals surface area contributed by atoms with Gasteiger partial charge in [-0.15, -0.1) is 0 Å². The van der Waals surface area contributed by atoms with Gasteiger partial charge in [-0.2, -0.15) is 9.97 Å². The molecule has 3 fully saturated rings. The molecular weight excluding hydrogens is 504 g/mol. The maximum atomic E-state index is 14.1. The molecule has 1 aromatic carbocycles. The van der Waals surface area contributed by atoms with Crippen LogP contribution in [0.25, 0.3) is 16.9 Å². The summed E-state index contributed by atoms with van der Waals surface area (Å²) >= 11 is 0. The van der Waals surface area contributed by atoms with E-state index in [0.29, 0.717) is 60.3 Å². The highest BCUT2D eigenvalue weighted by atomic mass is 19.3. The number of imidazole rings is 1. The Morgan fingerprint density at radius 3 is 2.46 bits per heavy atom. The number of para-hydroxylation sites is 2. The number of rotatable bonds is 7. The van der Waals surface area contributed by atoms with Gasteiger partial charge in [0.05, 0.1) is 43.5 Å². The summed E-state index contributed by atoms with van der Waals surface area (Å²) in [5, 5.41) is 3.47. The largest absolute Gasteiger partial charge is 0.379 e. The van der Waals surface area contributed by atoms with Crippen molar-refractivity contribution in [2.75, 3.05) is 62.8 Å². The van der Waals surface area contributed by atoms with Crippen LogP contribution in [0.15, 0.2) is 30.3 Å². The molecule has 3 aromatic rings. The summed E-state index contributed by atoms with van der Waals surface area (Å²) in [5.74, 6) is 1.75. The average molecular weight is 542 g/mol. The lowest BCUT2D eigenvalue weighted by molar-refractivity contribution is 0.00539. The van der Waals surface area contributed by atoms with E-state index in [9.17, 15) is 8.78 Å². The lowest BCUT2D eigenvalue weighted by atomic mass is 9.85. The van der Waals surface area contributed by atoms with Gasteiger partial charge in [0, 0.05) is 38.3 Å². The van der Waals surface area contributed by atoms with Crippen LogP contribution in [0.5, 0.6) is 0 Å². The molecule has 0 amide bonds. The number of hydrogen-bond acceptors (Lipinski definition) is 8. The first-order valence-electron chi connectivity index (χ1n) is 14.1. The van der Waals surface area contributed by atoms with Crippen LogP contribution in [0.3, 0.4) is 0 Å². The molecule has 2 aromatic heterocycles. The molecule has 0 bridgehead atoms. The summed E-state index contributed by atoms with van der Waals surface area (Å²) in [4.78, 5) is 18.6. The van der Waals surface area contributed by atoms with Crippen LogP contribution >= 0.6 is 0 Å². The molecule has 2 saturated heterocycles. The zero-order valence-corrected chi connectivity index (χ0v) is 22.4. The molecule has 0 spiro atoms. The monoisotopic (exact) mass is 541 g/mol. The van der Waals surface area contributed by atoms with E-state index in [-0.39, 0.29) is 11.9 Å². The summed E-state index contributed by atoms with van der Waals surface area (Å²) in [6.07, 6.45) is 1.91. The third kappa shape index (κ3) is 5.71. The molecule has 6 rings (SSSR count). The maximum absolute atomic E-state index is 14.1. The average Bonchev–Trinajstić information content (AvgIpc) is 3.37. The second-order valence-corrected chi connectivity index (χ2v) is 10.8. The van der Waals surface area contributed by atoms with E-state index in [1.54, 1.807) is 24.3 Å². The fraction of sp³-hybridized carbons (Fsp3) is 0.607. The van der Waals surface area contributed by atoms with Crippen molar-refractivity contribution in [3.05, 3.63) is 36.2 Å². The van der Waals surface area contributed by atoms with Gasteiger partial charge < -0.3 is 19.7 Å². The minimum absolute atomic E-state index is 0.110. The van der Waals surface area contributed by atoms with Crippen molar-refractivity contribution in [2.45, 2.75) is 51.1 Å². The van der Waals surface area contributed by atoms with Crippen molar-refractivity contribution in [1.29, 1.82) is 0 Å². The van der Waals surface area contributed by atoms with E-state index >= 15 is 0 Å². The minimum Gasteiger partial charge on any atom is -0.379 e. The molecule has 11 heteroatoms. The second kappa shape index (κ2) is 11.7. The maximum Gasteiger partial charge on any atom is 0.296 e. The number of morpholine rings is 2. The number of benzene rings is 1. The molecule has 1 atom stereocenters. The minimum atomic E-state index is -2.74. The van der Waals surface area contributed by atoms with Crippen LogP contribution in [-0.4, -0.2) is 89.1 Å². The van der Waals surface area contributed by atoms with Gasteiger partial charge in [0.25, 0.3) is 6.43 Å². The normalized spacial score (nSPS) is 24.9. The van der Waals surface area contributed by atoms with E-state index in [1.807, 2.05) is 6.07 Å². The van der Waals surface area contributed by atoms with Gasteiger partial charge in [-0.3, -0.25) is 9.47 Å². The lowest BCUT2D eigenvalue weighted by Crippen LogP contribution is -2.45. The number of alkyl halides is 2. The van der Waals surface area contributed by atoms with Crippen LogP contribution in [0.4, 0.5) is 20.5 Å². The molecule has 0 unspecified atom stereocenters. The van der Waals surface area contributed by atoms with Gasteiger partial charge in [0.15, 0.2) is 5.82 Å². The standard InChI is InChI=1S/C28H37F2N7O2/c1-19-18-39-15-12-36(19)24-16-25(37-23-5-3-2-4-22(23)32-27(37)26(29)30)34-28(33-24)31-17-20-6-8-21(9-7-20)35-10-13-38-14-11-35/h2-5,16,19-21,26H,6-15,17-18H2,1H3,(H,31,33,34)/t19-,20?,21?/m1/s1. The van der Waals surface area contributed by atoms with Gasteiger partial charge in [0.1, 0.15) is 11.6 Å². The van der Waals surface area contributed by atoms with E-state index in [1.165, 1.54) is 17.4 Å². The summed E-state index contributed by atoms with van der Waals surface area (Å²) in [6.45, 7) is 8.41. The van der Waals surface area contributed by atoms with Crippen molar-refractivity contribution >= 4 is 22.8 Å². The summed E-state index contributed by atoms with van der Waals surface area (Å²) < 4.78 is 40.9. The third-order valence-corrected chi connectivity index (χ3v) is 8.30. The van der Waals surface area contributed by atoms with E-state index < -0.39 is 6.43 Å². The number of anilines is 2. The number of hydrogen-bond donors (Lipinski definition) is 1. The first-order chi connectivity index (χ1) is 19.1. The Hall–Kier alpha value is -2.89. The number of nitrogens with one attached hydrogen (secondary N) is 1. The van der Waals surface area contributed by atoms with Gasteiger partial charge >= 0.3 is 0 Å². The van der Waals surface area contributed by atoms with Crippen molar-refractivity contribution in [1.82, 2.24) is 24.4 Å². The fourth-order valence-corrected chi connectivity index (χ4v) is 6.15. The van der Waals surface area contributed by atoms with Crippen LogP contribution in [0, 0.1) is 5.92 Å². The Balaban J connectivity index is 1.26. The van der Waals surface area contributed by atoms with Gasteiger partial charge in [-0.1, -0.05) is 12.1 Å². The number of nitrogens with zero attached hydrogens (tertiary/aromatic N) is 6. The van der Waals surface area contributed by atoms with Crippen molar-refractivity contribution in [3.8, 4) is 5.82 Å². The molecule has 2 aliphatic heterocycles. The Kier molecular flexibility index (Phi) is 7.90. The molecule has 39 heavy (non-hydrogen) atoms. The van der Waals surface area contributed by atoms with E-state index in [4.69, 9.17) is 19.4 Å². The first kappa shape index (κ1) is 26.3. The Morgan fingerprint density at radius 2 is 1.69 bits per heavy atom. The fourth-order valence-electron chi connectivity index (χ4n) is 6.15. The summed E-state index contributed by atoms with van der Waals surface area (Å²) in [7, 11) is 0. The molecule has 4 heterocycles. The Labute approximate surface area is 227 Å². The third-order valence-electron chi connectivity index (χ3n) is 8.30. The molecule has 9 nitrogen and oxygen atoms in total.